The molecule has 0 spiro atoms. The number of rotatable bonds is 16. The van der Waals surface area contributed by atoms with Crippen molar-refractivity contribution in [1.82, 2.24) is 15.5 Å². The Balaban J connectivity index is 1.30. The number of fused-ring (bicyclic) bond motifs is 5. The van der Waals surface area contributed by atoms with Crippen LogP contribution < -0.4 is 22.1 Å². The lowest BCUT2D eigenvalue weighted by atomic mass is 9.43. The fourth-order valence-electron chi connectivity index (χ4n) is 10.9. The second-order valence-corrected chi connectivity index (χ2v) is 16.1. The highest BCUT2D eigenvalue weighted by atomic mass is 16.3. The highest BCUT2D eigenvalue weighted by Gasteiger charge is 2.63. The minimum absolute atomic E-state index is 0.000743. The average molecular weight is 604 g/mol. The molecule has 4 saturated carbocycles. The molecule has 1 amide bonds. The second kappa shape index (κ2) is 15.7. The van der Waals surface area contributed by atoms with Crippen LogP contribution in [0.25, 0.3) is 0 Å². The molecule has 7 N–H and O–H groups in total. The molecule has 250 valence electrons. The van der Waals surface area contributed by atoms with Gasteiger partial charge in [-0.15, -0.1) is 0 Å². The van der Waals surface area contributed by atoms with Crippen LogP contribution in [0.5, 0.6) is 0 Å². The van der Waals surface area contributed by atoms with Crippen molar-refractivity contribution in [3.05, 3.63) is 0 Å². The first-order valence-electron chi connectivity index (χ1n) is 18.4. The van der Waals surface area contributed by atoms with Gasteiger partial charge in [-0.3, -0.25) is 4.79 Å². The topological polar surface area (TPSA) is 117 Å². The summed E-state index contributed by atoms with van der Waals surface area (Å²) in [4.78, 5) is 14.9. The van der Waals surface area contributed by atoms with Gasteiger partial charge in [-0.05, 0) is 177 Å². The van der Waals surface area contributed by atoms with Gasteiger partial charge < -0.3 is 32.1 Å². The smallest absolute Gasteiger partial charge is 0.220 e. The van der Waals surface area contributed by atoms with Crippen molar-refractivity contribution in [2.75, 3.05) is 39.3 Å². The SMILES string of the molecule is CC(C)NC(=O)CC[C@@H](C)[C@H]1CCC2C3CCC4C[C@@H](NCCCN(CCCN)CCCN)CC[C@]4(C)C3C[C@H](O)[C@@]21C. The fraction of sp³-hybridized carbons (Fsp3) is 0.972. The normalized spacial score (nSPS) is 38.0. The first-order valence-corrected chi connectivity index (χ1v) is 18.4. The van der Waals surface area contributed by atoms with E-state index in [9.17, 15) is 9.90 Å². The van der Waals surface area contributed by atoms with Crippen LogP contribution in [-0.4, -0.2) is 73.4 Å². The molecule has 4 aliphatic carbocycles. The van der Waals surface area contributed by atoms with Crippen molar-refractivity contribution >= 4 is 5.91 Å². The number of hydrogen-bond acceptors (Lipinski definition) is 6. The standard InChI is InChI=1S/C36H69N5O2/c1-25(2)40-34(43)14-9-26(3)30-12-13-31-29-11-10-27-23-28(39-19-8-22-41(20-6-17-37)21-7-18-38)15-16-35(27,4)32(29)24-33(42)36(30,31)5/h25-33,39,42H,6-24,37-38H2,1-5H3,(H,40,43)/t26-,27?,28+,29?,30-,31?,32?,33+,35+,36-/m1/s1. The average Bonchev–Trinajstić information content (AvgIpc) is 3.34. The van der Waals surface area contributed by atoms with E-state index in [4.69, 9.17) is 11.5 Å². The zero-order valence-corrected chi connectivity index (χ0v) is 28.6. The lowest BCUT2D eigenvalue weighted by Gasteiger charge is -2.62. The maximum Gasteiger partial charge on any atom is 0.220 e. The number of nitrogens with zero attached hydrogens (tertiary/aromatic N) is 1. The summed E-state index contributed by atoms with van der Waals surface area (Å²) >= 11 is 0. The quantitative estimate of drug-likeness (QED) is 0.160. The molecule has 10 atom stereocenters. The molecule has 0 aromatic heterocycles. The summed E-state index contributed by atoms with van der Waals surface area (Å²) in [6.07, 6.45) is 14.7. The largest absolute Gasteiger partial charge is 0.393 e. The van der Waals surface area contributed by atoms with E-state index >= 15 is 0 Å². The summed E-state index contributed by atoms with van der Waals surface area (Å²) in [6.45, 7) is 17.4. The third-order valence-electron chi connectivity index (χ3n) is 13.2. The maximum absolute atomic E-state index is 12.4. The Morgan fingerprint density at radius 1 is 0.930 bits per heavy atom. The van der Waals surface area contributed by atoms with Gasteiger partial charge in [-0.1, -0.05) is 20.8 Å². The van der Waals surface area contributed by atoms with Crippen molar-refractivity contribution in [1.29, 1.82) is 0 Å². The van der Waals surface area contributed by atoms with E-state index < -0.39 is 0 Å². The number of carbonyl (C=O) groups excluding carboxylic acids is 1. The van der Waals surface area contributed by atoms with Crippen LogP contribution >= 0.6 is 0 Å². The molecule has 7 heteroatoms. The molecular formula is C36H69N5O2. The van der Waals surface area contributed by atoms with Crippen LogP contribution in [-0.2, 0) is 4.79 Å². The van der Waals surface area contributed by atoms with Gasteiger partial charge in [0.1, 0.15) is 0 Å². The lowest BCUT2D eigenvalue weighted by molar-refractivity contribution is -0.169. The Morgan fingerprint density at radius 2 is 1.63 bits per heavy atom. The predicted octanol–water partition coefficient (Wildman–Crippen LogP) is 4.90. The maximum atomic E-state index is 12.4. The van der Waals surface area contributed by atoms with Crippen LogP contribution in [0.4, 0.5) is 0 Å². The number of nitrogens with two attached hydrogens (primary N) is 2. The number of hydrogen-bond donors (Lipinski definition) is 5. The summed E-state index contributed by atoms with van der Waals surface area (Å²) in [5.74, 6) is 3.99. The summed E-state index contributed by atoms with van der Waals surface area (Å²) in [5.41, 5.74) is 11.9. The Hall–Kier alpha value is -0.730. The molecule has 0 saturated heterocycles. The number of nitrogens with one attached hydrogen (secondary N) is 2. The van der Waals surface area contributed by atoms with Gasteiger partial charge in [0.05, 0.1) is 6.10 Å². The fourth-order valence-corrected chi connectivity index (χ4v) is 10.9. The van der Waals surface area contributed by atoms with E-state index in [1.54, 1.807) is 0 Å². The molecule has 43 heavy (non-hydrogen) atoms. The highest BCUT2D eigenvalue weighted by molar-refractivity contribution is 5.76. The van der Waals surface area contributed by atoms with Gasteiger partial charge >= 0.3 is 0 Å². The molecule has 4 aliphatic rings. The van der Waals surface area contributed by atoms with Crippen molar-refractivity contribution in [2.24, 2.45) is 57.8 Å². The van der Waals surface area contributed by atoms with E-state index in [0.29, 0.717) is 41.5 Å². The minimum Gasteiger partial charge on any atom is -0.393 e. The molecule has 4 rings (SSSR count). The van der Waals surface area contributed by atoms with Gasteiger partial charge in [0.15, 0.2) is 0 Å². The van der Waals surface area contributed by atoms with E-state index in [1.165, 1.54) is 51.4 Å². The lowest BCUT2D eigenvalue weighted by Crippen LogP contribution is -2.59. The van der Waals surface area contributed by atoms with Gasteiger partial charge in [-0.25, -0.2) is 0 Å². The Bertz CT molecular complexity index is 863. The van der Waals surface area contributed by atoms with Crippen molar-refractivity contribution < 1.29 is 9.90 Å². The number of aliphatic hydroxyl groups excluding tert-OH is 1. The minimum atomic E-state index is -0.217. The predicted molar refractivity (Wildman–Crippen MR) is 178 cm³/mol. The zero-order valence-electron chi connectivity index (χ0n) is 28.6. The van der Waals surface area contributed by atoms with Gasteiger partial charge in [0.25, 0.3) is 0 Å². The van der Waals surface area contributed by atoms with Gasteiger partial charge in [0.2, 0.25) is 5.91 Å². The number of carbonyl (C=O) groups is 1. The molecule has 0 heterocycles. The summed E-state index contributed by atoms with van der Waals surface area (Å²) in [5, 5.41) is 19.0. The molecule has 0 radical (unpaired) electrons. The van der Waals surface area contributed by atoms with Crippen molar-refractivity contribution in [2.45, 2.75) is 136 Å². The third kappa shape index (κ3) is 7.99. The van der Waals surface area contributed by atoms with Gasteiger partial charge in [0, 0.05) is 18.5 Å². The van der Waals surface area contributed by atoms with Crippen molar-refractivity contribution in [3.8, 4) is 0 Å². The molecular weight excluding hydrogens is 534 g/mol. The van der Waals surface area contributed by atoms with Crippen LogP contribution in [0.15, 0.2) is 0 Å². The van der Waals surface area contributed by atoms with E-state index in [-0.39, 0.29) is 23.5 Å². The first kappa shape index (κ1) is 35.1. The zero-order chi connectivity index (χ0) is 31.2. The molecule has 7 nitrogen and oxygen atoms in total. The molecule has 4 unspecified atom stereocenters. The van der Waals surface area contributed by atoms with E-state index in [0.717, 1.165) is 76.8 Å². The second-order valence-electron chi connectivity index (χ2n) is 16.1. The molecule has 0 aliphatic heterocycles. The summed E-state index contributed by atoms with van der Waals surface area (Å²) in [6, 6.07) is 0.837. The van der Waals surface area contributed by atoms with Crippen LogP contribution in [0, 0.1) is 46.3 Å². The monoisotopic (exact) mass is 604 g/mol. The molecule has 0 aromatic rings. The van der Waals surface area contributed by atoms with E-state index in [2.05, 4.69) is 36.3 Å². The molecule has 0 bridgehead atoms. The Labute approximate surface area is 264 Å². The Kier molecular flexibility index (Phi) is 12.8. The Morgan fingerprint density at radius 3 is 2.30 bits per heavy atom. The number of amides is 1. The summed E-state index contributed by atoms with van der Waals surface area (Å²) in [7, 11) is 0. The van der Waals surface area contributed by atoms with E-state index in [1.807, 2.05) is 13.8 Å². The first-order chi connectivity index (χ1) is 20.5. The van der Waals surface area contributed by atoms with Crippen LogP contribution in [0.2, 0.25) is 0 Å². The van der Waals surface area contributed by atoms with Crippen molar-refractivity contribution in [3.63, 3.8) is 0 Å². The number of aliphatic hydroxyl groups is 1. The van der Waals surface area contributed by atoms with Crippen LogP contribution in [0.3, 0.4) is 0 Å². The molecule has 4 fully saturated rings. The van der Waals surface area contributed by atoms with Crippen LogP contribution in [0.1, 0.15) is 118 Å². The summed E-state index contributed by atoms with van der Waals surface area (Å²) < 4.78 is 0. The van der Waals surface area contributed by atoms with Gasteiger partial charge in [-0.2, -0.15) is 0 Å². The highest BCUT2D eigenvalue weighted by Crippen LogP contribution is 2.68. The molecule has 0 aromatic carbocycles. The third-order valence-corrected chi connectivity index (χ3v) is 13.2.